The van der Waals surface area contributed by atoms with E-state index < -0.39 is 12.1 Å². The lowest BCUT2D eigenvalue weighted by Gasteiger charge is -2.35. The molecule has 0 N–H and O–H groups in total. The number of anilines is 1. The highest BCUT2D eigenvalue weighted by atomic mass is 16.2. The molecule has 1 aromatic carbocycles. The van der Waals surface area contributed by atoms with E-state index in [2.05, 4.69) is 13.8 Å². The first-order valence-electron chi connectivity index (χ1n) is 9.27. The van der Waals surface area contributed by atoms with Crippen molar-refractivity contribution in [2.75, 3.05) is 24.5 Å². The van der Waals surface area contributed by atoms with Gasteiger partial charge in [0.1, 0.15) is 12.6 Å². The van der Waals surface area contributed by atoms with Gasteiger partial charge in [0.2, 0.25) is 5.91 Å². The van der Waals surface area contributed by atoms with Crippen LogP contribution in [-0.2, 0) is 9.59 Å². The Balaban J connectivity index is 1.74. The van der Waals surface area contributed by atoms with Crippen molar-refractivity contribution in [3.63, 3.8) is 0 Å². The fourth-order valence-electron chi connectivity index (χ4n) is 4.01. The number of hydrogen-bond acceptors (Lipinski definition) is 3. The highest BCUT2D eigenvalue weighted by molar-refractivity contribution is 6.15. The molecule has 3 atom stereocenters. The van der Waals surface area contributed by atoms with Crippen molar-refractivity contribution in [3.8, 4) is 0 Å². The number of nitrogens with zero attached hydrogens (tertiary/aromatic N) is 3. The molecule has 2 aliphatic heterocycles. The van der Waals surface area contributed by atoms with Gasteiger partial charge < -0.3 is 4.90 Å². The monoisotopic (exact) mass is 357 g/mol. The van der Waals surface area contributed by atoms with Crippen LogP contribution in [0.2, 0.25) is 0 Å². The first-order chi connectivity index (χ1) is 12.3. The number of likely N-dealkylation sites (tertiary alicyclic amines) is 1. The van der Waals surface area contributed by atoms with Gasteiger partial charge >= 0.3 is 6.03 Å². The molecule has 6 heteroatoms. The van der Waals surface area contributed by atoms with Gasteiger partial charge in [0.15, 0.2) is 0 Å². The first kappa shape index (κ1) is 18.4. The Labute approximate surface area is 154 Å². The third-order valence-electron chi connectivity index (χ3n) is 5.27. The van der Waals surface area contributed by atoms with Gasteiger partial charge in [-0.2, -0.15) is 0 Å². The summed E-state index contributed by atoms with van der Waals surface area (Å²) in [6.07, 6.45) is 1.10. The highest BCUT2D eigenvalue weighted by Gasteiger charge is 2.44. The summed E-state index contributed by atoms with van der Waals surface area (Å²) in [6.45, 7) is 9.13. The average Bonchev–Trinajstić information content (AvgIpc) is 2.78. The second kappa shape index (κ2) is 7.09. The van der Waals surface area contributed by atoms with Crippen LogP contribution in [0.25, 0.3) is 0 Å². The van der Waals surface area contributed by atoms with E-state index >= 15 is 0 Å². The molecule has 3 unspecified atom stereocenters. The Hall–Kier alpha value is -2.37. The predicted octanol–water partition coefficient (Wildman–Crippen LogP) is 2.66. The molecule has 2 aliphatic rings. The normalized spacial score (nSPS) is 26.6. The molecule has 26 heavy (non-hydrogen) atoms. The van der Waals surface area contributed by atoms with E-state index in [1.54, 1.807) is 11.8 Å². The Kier molecular flexibility index (Phi) is 5.03. The molecule has 0 bridgehead atoms. The number of aryl methyl sites for hydroxylation is 1. The summed E-state index contributed by atoms with van der Waals surface area (Å²) in [5, 5.41) is 0. The van der Waals surface area contributed by atoms with E-state index in [0.29, 0.717) is 30.6 Å². The third kappa shape index (κ3) is 3.45. The van der Waals surface area contributed by atoms with Crippen molar-refractivity contribution in [1.82, 2.24) is 9.80 Å². The summed E-state index contributed by atoms with van der Waals surface area (Å²) in [5.74, 6) is 0.413. The van der Waals surface area contributed by atoms with Gasteiger partial charge in [-0.25, -0.2) is 4.79 Å². The molecule has 6 nitrogen and oxygen atoms in total. The van der Waals surface area contributed by atoms with Crippen molar-refractivity contribution >= 4 is 23.5 Å². The quantitative estimate of drug-likeness (QED) is 0.782. The number of urea groups is 1. The zero-order valence-corrected chi connectivity index (χ0v) is 15.9. The minimum atomic E-state index is -0.600. The molecule has 4 amide bonds. The number of carbonyl (C=O) groups excluding carboxylic acids is 3. The lowest BCUT2D eigenvalue weighted by molar-refractivity contribution is -0.139. The van der Waals surface area contributed by atoms with Crippen LogP contribution >= 0.6 is 0 Å². The van der Waals surface area contributed by atoms with Gasteiger partial charge in [0.25, 0.3) is 5.91 Å². The largest absolute Gasteiger partial charge is 0.341 e. The number of rotatable bonds is 3. The lowest BCUT2D eigenvalue weighted by atomic mass is 9.92. The number of amides is 4. The van der Waals surface area contributed by atoms with Crippen LogP contribution in [0.15, 0.2) is 24.3 Å². The van der Waals surface area contributed by atoms with E-state index in [1.165, 1.54) is 4.90 Å². The maximum atomic E-state index is 12.8. The number of imide groups is 1. The summed E-state index contributed by atoms with van der Waals surface area (Å²) in [7, 11) is 0. The van der Waals surface area contributed by atoms with Gasteiger partial charge in [-0.05, 0) is 44.2 Å². The predicted molar refractivity (Wildman–Crippen MR) is 99.8 cm³/mol. The Bertz CT molecular complexity index is 706. The lowest BCUT2D eigenvalue weighted by Crippen LogP contribution is -2.48. The second-order valence-electron chi connectivity index (χ2n) is 7.83. The smallest absolute Gasteiger partial charge is 0.332 e. The van der Waals surface area contributed by atoms with E-state index in [-0.39, 0.29) is 18.4 Å². The molecule has 0 aromatic heterocycles. The minimum absolute atomic E-state index is 0.150. The molecule has 140 valence electrons. The third-order valence-corrected chi connectivity index (χ3v) is 5.27. The molecule has 2 saturated heterocycles. The van der Waals surface area contributed by atoms with E-state index in [9.17, 15) is 14.4 Å². The van der Waals surface area contributed by atoms with E-state index in [0.717, 1.165) is 16.9 Å². The van der Waals surface area contributed by atoms with Gasteiger partial charge in [-0.3, -0.25) is 19.4 Å². The fourth-order valence-corrected chi connectivity index (χ4v) is 4.01. The summed E-state index contributed by atoms with van der Waals surface area (Å²) in [4.78, 5) is 42.5. The summed E-state index contributed by atoms with van der Waals surface area (Å²) in [6, 6.07) is 6.45. The molecule has 2 fully saturated rings. The number of benzene rings is 1. The van der Waals surface area contributed by atoms with E-state index in [4.69, 9.17) is 0 Å². The molecular formula is C20H27N3O3. The Morgan fingerprint density at radius 1 is 1.04 bits per heavy atom. The molecule has 0 aliphatic carbocycles. The Morgan fingerprint density at radius 2 is 1.62 bits per heavy atom. The fraction of sp³-hybridized carbons (Fsp3) is 0.550. The van der Waals surface area contributed by atoms with Crippen LogP contribution in [0, 0.1) is 18.8 Å². The molecule has 2 heterocycles. The summed E-state index contributed by atoms with van der Waals surface area (Å²) >= 11 is 0. The summed E-state index contributed by atoms with van der Waals surface area (Å²) in [5.41, 5.74) is 1.76. The van der Waals surface area contributed by atoms with Crippen LogP contribution in [0.1, 0.15) is 32.8 Å². The second-order valence-corrected chi connectivity index (χ2v) is 7.83. The maximum absolute atomic E-state index is 12.8. The van der Waals surface area contributed by atoms with Crippen molar-refractivity contribution in [2.24, 2.45) is 11.8 Å². The van der Waals surface area contributed by atoms with Gasteiger partial charge in [0, 0.05) is 18.8 Å². The number of hydrogen-bond donors (Lipinski definition) is 0. The molecular weight excluding hydrogens is 330 g/mol. The van der Waals surface area contributed by atoms with Crippen molar-refractivity contribution in [2.45, 2.75) is 40.2 Å². The average molecular weight is 357 g/mol. The zero-order chi connectivity index (χ0) is 19.0. The van der Waals surface area contributed by atoms with Crippen LogP contribution in [0.5, 0.6) is 0 Å². The summed E-state index contributed by atoms with van der Waals surface area (Å²) < 4.78 is 0. The molecule has 3 rings (SSSR count). The van der Waals surface area contributed by atoms with Gasteiger partial charge in [-0.15, -0.1) is 0 Å². The minimum Gasteiger partial charge on any atom is -0.341 e. The standard InChI is InChI=1S/C20H27N3O3/c1-13-5-7-17(8-6-13)23-16(4)19(25)22(20(23)26)12-18(24)21-10-14(2)9-15(3)11-21/h5-8,14-16H,9-12H2,1-4H3. The zero-order valence-electron chi connectivity index (χ0n) is 15.9. The topological polar surface area (TPSA) is 60.9 Å². The van der Waals surface area contributed by atoms with Gasteiger partial charge in [0.05, 0.1) is 0 Å². The molecule has 0 saturated carbocycles. The highest BCUT2D eigenvalue weighted by Crippen LogP contribution is 2.27. The number of piperidine rings is 1. The van der Waals surface area contributed by atoms with Crippen LogP contribution in [-0.4, -0.2) is 53.3 Å². The SMILES string of the molecule is Cc1ccc(N2C(=O)N(CC(=O)N3CC(C)CC(C)C3)C(=O)C2C)cc1. The molecule has 0 radical (unpaired) electrons. The van der Waals surface area contributed by atoms with Crippen molar-refractivity contribution < 1.29 is 14.4 Å². The van der Waals surface area contributed by atoms with Crippen LogP contribution in [0.3, 0.4) is 0 Å². The van der Waals surface area contributed by atoms with Crippen molar-refractivity contribution in [1.29, 1.82) is 0 Å². The van der Waals surface area contributed by atoms with E-state index in [1.807, 2.05) is 31.2 Å². The van der Waals surface area contributed by atoms with Gasteiger partial charge in [-0.1, -0.05) is 31.5 Å². The molecule has 0 spiro atoms. The first-order valence-corrected chi connectivity index (χ1v) is 9.27. The van der Waals surface area contributed by atoms with Crippen LogP contribution < -0.4 is 4.90 Å². The Morgan fingerprint density at radius 3 is 2.19 bits per heavy atom. The van der Waals surface area contributed by atoms with Crippen LogP contribution in [0.4, 0.5) is 10.5 Å². The van der Waals surface area contributed by atoms with Crippen molar-refractivity contribution in [3.05, 3.63) is 29.8 Å². The number of carbonyl (C=O) groups is 3. The molecule has 1 aromatic rings. The maximum Gasteiger partial charge on any atom is 0.332 e.